The predicted octanol–water partition coefficient (Wildman–Crippen LogP) is 2.59. The first kappa shape index (κ1) is 17.8. The lowest BCUT2D eigenvalue weighted by Gasteiger charge is -2.31. The van der Waals surface area contributed by atoms with Crippen LogP contribution in [0.4, 0.5) is 10.1 Å². The Hall–Kier alpha value is -2.96. The zero-order valence-corrected chi connectivity index (χ0v) is 14.6. The molecular formula is C19H21FN4O2. The lowest BCUT2D eigenvalue weighted by atomic mass is 9.96. The molecule has 2 amide bonds. The van der Waals surface area contributed by atoms with Crippen LogP contribution in [0.5, 0.6) is 0 Å². The minimum absolute atomic E-state index is 0.166. The second-order valence-corrected chi connectivity index (χ2v) is 6.41. The first-order valence-electron chi connectivity index (χ1n) is 8.48. The maximum absolute atomic E-state index is 13.7. The molecule has 1 aliphatic rings. The van der Waals surface area contributed by atoms with Gasteiger partial charge in [-0.1, -0.05) is 6.58 Å². The van der Waals surface area contributed by atoms with Gasteiger partial charge in [-0.2, -0.15) is 5.10 Å². The number of nitrogens with one attached hydrogen (secondary N) is 1. The summed E-state index contributed by atoms with van der Waals surface area (Å²) in [5.41, 5.74) is 1.81. The fourth-order valence-corrected chi connectivity index (χ4v) is 3.18. The molecule has 26 heavy (non-hydrogen) atoms. The average Bonchev–Trinajstić information content (AvgIpc) is 3.08. The van der Waals surface area contributed by atoms with Crippen LogP contribution in [0.15, 0.2) is 43.2 Å². The summed E-state index contributed by atoms with van der Waals surface area (Å²) in [6, 6.07) is 4.23. The lowest BCUT2D eigenvalue weighted by Crippen LogP contribution is -2.43. The number of hydrogen-bond donors (Lipinski definition) is 1. The molecule has 1 unspecified atom stereocenters. The highest BCUT2D eigenvalue weighted by Crippen LogP contribution is 2.29. The number of aromatic nitrogens is 2. The lowest BCUT2D eigenvalue weighted by molar-refractivity contribution is -0.130. The Morgan fingerprint density at radius 1 is 1.42 bits per heavy atom. The molecule has 2 heterocycles. The smallest absolute Gasteiger partial charge is 0.245 e. The number of amides is 2. The van der Waals surface area contributed by atoms with Gasteiger partial charge in [-0.15, -0.1) is 0 Å². The molecule has 0 aliphatic carbocycles. The van der Waals surface area contributed by atoms with Gasteiger partial charge in [0.2, 0.25) is 11.8 Å². The quantitative estimate of drug-likeness (QED) is 0.857. The summed E-state index contributed by atoms with van der Waals surface area (Å²) in [5.74, 6) is -1.04. The molecule has 1 aromatic carbocycles. The van der Waals surface area contributed by atoms with Crippen molar-refractivity contribution in [2.45, 2.75) is 12.8 Å². The summed E-state index contributed by atoms with van der Waals surface area (Å²) in [6.45, 7) is 4.49. The molecule has 0 spiro atoms. The fraction of sp³-hybridized carbons (Fsp3) is 0.316. The Morgan fingerprint density at radius 2 is 2.23 bits per heavy atom. The van der Waals surface area contributed by atoms with Gasteiger partial charge < -0.3 is 10.2 Å². The topological polar surface area (TPSA) is 67.2 Å². The van der Waals surface area contributed by atoms with Crippen LogP contribution >= 0.6 is 0 Å². The van der Waals surface area contributed by atoms with Crippen molar-refractivity contribution in [3.05, 3.63) is 49.1 Å². The van der Waals surface area contributed by atoms with Crippen LogP contribution in [0, 0.1) is 11.7 Å². The van der Waals surface area contributed by atoms with Crippen molar-refractivity contribution in [1.82, 2.24) is 14.7 Å². The van der Waals surface area contributed by atoms with E-state index < -0.39 is 0 Å². The number of anilines is 1. The van der Waals surface area contributed by atoms with E-state index in [2.05, 4.69) is 17.0 Å². The number of aryl methyl sites for hydroxylation is 1. The second kappa shape index (κ2) is 7.51. The minimum Gasteiger partial charge on any atom is -0.338 e. The van der Waals surface area contributed by atoms with Crippen molar-refractivity contribution in [2.24, 2.45) is 13.0 Å². The zero-order chi connectivity index (χ0) is 18.7. The van der Waals surface area contributed by atoms with Crippen LogP contribution in [-0.4, -0.2) is 39.6 Å². The van der Waals surface area contributed by atoms with Crippen LogP contribution < -0.4 is 5.32 Å². The van der Waals surface area contributed by atoms with E-state index in [0.29, 0.717) is 30.8 Å². The number of rotatable bonds is 4. The summed E-state index contributed by atoms with van der Waals surface area (Å²) >= 11 is 0. The van der Waals surface area contributed by atoms with Gasteiger partial charge in [0.1, 0.15) is 5.82 Å². The molecule has 6 nitrogen and oxygen atoms in total. The van der Waals surface area contributed by atoms with E-state index in [0.717, 1.165) is 12.0 Å². The molecule has 3 rings (SSSR count). The predicted molar refractivity (Wildman–Crippen MR) is 96.7 cm³/mol. The zero-order valence-electron chi connectivity index (χ0n) is 14.6. The monoisotopic (exact) mass is 356 g/mol. The van der Waals surface area contributed by atoms with Crippen molar-refractivity contribution >= 4 is 17.5 Å². The molecule has 0 radical (unpaired) electrons. The Balaban J connectivity index is 1.79. The van der Waals surface area contributed by atoms with Crippen LogP contribution in [0.25, 0.3) is 11.1 Å². The van der Waals surface area contributed by atoms with Crippen molar-refractivity contribution < 1.29 is 14.0 Å². The van der Waals surface area contributed by atoms with E-state index in [4.69, 9.17) is 0 Å². The largest absolute Gasteiger partial charge is 0.338 e. The third kappa shape index (κ3) is 3.82. The van der Waals surface area contributed by atoms with Crippen LogP contribution in [-0.2, 0) is 16.6 Å². The maximum Gasteiger partial charge on any atom is 0.245 e. The molecule has 1 N–H and O–H groups in total. The standard InChI is InChI=1S/C19H21FN4O2/c1-3-18(25)24-8-4-5-13(12-24)19(26)22-17-7-6-15(20)9-16(17)14-10-21-23(2)11-14/h3,6-7,9-11,13H,1,4-5,8,12H2,2H3,(H,22,26). The van der Waals surface area contributed by atoms with Crippen LogP contribution in [0.2, 0.25) is 0 Å². The number of halogens is 1. The van der Waals surface area contributed by atoms with Crippen molar-refractivity contribution in [3.63, 3.8) is 0 Å². The number of likely N-dealkylation sites (tertiary alicyclic amines) is 1. The van der Waals surface area contributed by atoms with Crippen LogP contribution in [0.3, 0.4) is 0 Å². The van der Waals surface area contributed by atoms with E-state index in [1.54, 1.807) is 35.1 Å². The van der Waals surface area contributed by atoms with Gasteiger partial charge in [-0.25, -0.2) is 4.39 Å². The molecule has 7 heteroatoms. The normalized spacial score (nSPS) is 17.0. The Kier molecular flexibility index (Phi) is 5.16. The summed E-state index contributed by atoms with van der Waals surface area (Å²) in [7, 11) is 1.77. The van der Waals surface area contributed by atoms with E-state index in [9.17, 15) is 14.0 Å². The SMILES string of the molecule is C=CC(=O)N1CCCC(C(=O)Nc2ccc(F)cc2-c2cnn(C)c2)C1. The Bertz CT molecular complexity index is 846. The van der Waals surface area contributed by atoms with Crippen LogP contribution in [0.1, 0.15) is 12.8 Å². The summed E-state index contributed by atoms with van der Waals surface area (Å²) < 4.78 is 15.3. The number of carbonyl (C=O) groups excluding carboxylic acids is 2. The third-order valence-corrected chi connectivity index (χ3v) is 4.53. The molecule has 1 aromatic heterocycles. The molecule has 1 atom stereocenters. The van der Waals surface area contributed by atoms with Gasteiger partial charge in [-0.05, 0) is 37.1 Å². The third-order valence-electron chi connectivity index (χ3n) is 4.53. The second-order valence-electron chi connectivity index (χ2n) is 6.41. The van der Waals surface area contributed by atoms with Gasteiger partial charge >= 0.3 is 0 Å². The number of piperidine rings is 1. The van der Waals surface area contributed by atoms with Gasteiger partial charge in [0.15, 0.2) is 0 Å². The van der Waals surface area contributed by atoms with E-state index in [-0.39, 0.29) is 23.5 Å². The van der Waals surface area contributed by atoms with Crippen molar-refractivity contribution in [2.75, 3.05) is 18.4 Å². The van der Waals surface area contributed by atoms with Crippen molar-refractivity contribution in [3.8, 4) is 11.1 Å². The van der Waals surface area contributed by atoms with Crippen molar-refractivity contribution in [1.29, 1.82) is 0 Å². The summed E-state index contributed by atoms with van der Waals surface area (Å²) in [6.07, 6.45) is 6.11. The number of hydrogen-bond acceptors (Lipinski definition) is 3. The Labute approximate surface area is 151 Å². The van der Waals surface area contributed by atoms with Gasteiger partial charge in [0.05, 0.1) is 12.1 Å². The molecule has 1 aliphatic heterocycles. The first-order valence-corrected chi connectivity index (χ1v) is 8.48. The highest BCUT2D eigenvalue weighted by Gasteiger charge is 2.28. The van der Waals surface area contributed by atoms with Gasteiger partial charge in [-0.3, -0.25) is 14.3 Å². The highest BCUT2D eigenvalue weighted by atomic mass is 19.1. The average molecular weight is 356 g/mol. The van der Waals surface area contributed by atoms with E-state index in [1.807, 2.05) is 0 Å². The number of nitrogens with zero attached hydrogens (tertiary/aromatic N) is 3. The highest BCUT2D eigenvalue weighted by molar-refractivity contribution is 5.97. The van der Waals surface area contributed by atoms with Gasteiger partial charge in [0.25, 0.3) is 0 Å². The molecular weight excluding hydrogens is 335 g/mol. The van der Waals surface area contributed by atoms with Gasteiger partial charge in [0, 0.05) is 43.1 Å². The first-order chi connectivity index (χ1) is 12.5. The molecule has 136 valence electrons. The number of benzene rings is 1. The summed E-state index contributed by atoms with van der Waals surface area (Å²) in [5, 5.41) is 6.99. The number of carbonyl (C=O) groups is 2. The molecule has 2 aromatic rings. The van der Waals surface area contributed by atoms with E-state index in [1.165, 1.54) is 18.2 Å². The molecule has 1 saturated heterocycles. The maximum atomic E-state index is 13.7. The Morgan fingerprint density at radius 3 is 2.92 bits per heavy atom. The minimum atomic E-state index is -0.387. The van der Waals surface area contributed by atoms with E-state index >= 15 is 0 Å². The molecule has 0 bridgehead atoms. The summed E-state index contributed by atoms with van der Waals surface area (Å²) in [4.78, 5) is 26.1. The molecule has 0 saturated carbocycles. The molecule has 1 fully saturated rings. The fourth-order valence-electron chi connectivity index (χ4n) is 3.18.